The number of halogens is 4. The van der Waals surface area contributed by atoms with Crippen LogP contribution in [0, 0.1) is 17.5 Å². The molecule has 0 atom stereocenters. The Hall–Kier alpha value is -1.93. The normalized spacial score (nSPS) is 11.4. The number of rotatable bonds is 3. The molecule has 0 aliphatic rings. The highest BCUT2D eigenvalue weighted by Gasteiger charge is 2.23. The number of hydrogen-bond donors (Lipinski definition) is 2. The van der Waals surface area contributed by atoms with Crippen LogP contribution < -0.4 is 10.5 Å². The largest absolute Gasteiger partial charge is 0.394 e. The van der Waals surface area contributed by atoms with Crippen LogP contribution in [0.4, 0.5) is 24.5 Å². The van der Waals surface area contributed by atoms with Gasteiger partial charge in [-0.05, 0) is 30.3 Å². The molecule has 0 amide bonds. The lowest BCUT2D eigenvalue weighted by molar-refractivity contribution is 0.557. The van der Waals surface area contributed by atoms with Crippen LogP contribution in [0.5, 0.6) is 0 Å². The zero-order valence-corrected chi connectivity index (χ0v) is 11.8. The molecule has 2 aromatic rings. The van der Waals surface area contributed by atoms with Crippen molar-refractivity contribution in [2.24, 2.45) is 0 Å². The third kappa shape index (κ3) is 3.06. The molecule has 2 aromatic carbocycles. The standard InChI is InChI=1S/C12H8ClF3N2O2S/c13-7-2-1-6(14)5-9(7)18-21(19,20)10-4-3-8(15)12(17)11(10)16/h1-5,18H,17H2. The maximum Gasteiger partial charge on any atom is 0.264 e. The van der Waals surface area contributed by atoms with Crippen molar-refractivity contribution < 1.29 is 21.6 Å². The van der Waals surface area contributed by atoms with Gasteiger partial charge in [0.05, 0.1) is 10.7 Å². The summed E-state index contributed by atoms with van der Waals surface area (Å²) in [6.45, 7) is 0. The quantitative estimate of drug-likeness (QED) is 0.846. The SMILES string of the molecule is Nc1c(F)ccc(S(=O)(=O)Nc2cc(F)ccc2Cl)c1F. The predicted octanol–water partition coefficient (Wildman–Crippen LogP) is 3.14. The lowest BCUT2D eigenvalue weighted by Gasteiger charge is -2.11. The van der Waals surface area contributed by atoms with Gasteiger partial charge >= 0.3 is 0 Å². The monoisotopic (exact) mass is 336 g/mol. The van der Waals surface area contributed by atoms with Crippen molar-refractivity contribution in [3.63, 3.8) is 0 Å². The number of nitrogens with two attached hydrogens (primary N) is 1. The van der Waals surface area contributed by atoms with E-state index in [1.807, 2.05) is 4.72 Å². The van der Waals surface area contributed by atoms with Crippen molar-refractivity contribution in [3.8, 4) is 0 Å². The van der Waals surface area contributed by atoms with Gasteiger partial charge in [-0.15, -0.1) is 0 Å². The topological polar surface area (TPSA) is 72.2 Å². The van der Waals surface area contributed by atoms with E-state index in [0.717, 1.165) is 18.2 Å². The van der Waals surface area contributed by atoms with Crippen molar-refractivity contribution in [1.29, 1.82) is 0 Å². The predicted molar refractivity (Wildman–Crippen MR) is 73.0 cm³/mol. The van der Waals surface area contributed by atoms with Crippen molar-refractivity contribution >= 4 is 33.0 Å². The first-order chi connectivity index (χ1) is 9.72. The van der Waals surface area contributed by atoms with E-state index in [2.05, 4.69) is 0 Å². The Labute approximate surface area is 123 Å². The summed E-state index contributed by atoms with van der Waals surface area (Å²) in [7, 11) is -4.45. The highest BCUT2D eigenvalue weighted by Crippen LogP contribution is 2.28. The minimum absolute atomic E-state index is 0.0875. The Morgan fingerprint density at radius 3 is 2.43 bits per heavy atom. The molecule has 0 heterocycles. The molecule has 0 saturated carbocycles. The number of sulfonamides is 1. The molecule has 0 unspecified atom stereocenters. The first kappa shape index (κ1) is 15.5. The molecule has 0 fully saturated rings. The van der Waals surface area contributed by atoms with Crippen LogP contribution in [-0.4, -0.2) is 8.42 Å². The van der Waals surface area contributed by atoms with E-state index in [-0.39, 0.29) is 10.7 Å². The summed E-state index contributed by atoms with van der Waals surface area (Å²) in [4.78, 5) is -0.873. The third-order valence-corrected chi connectivity index (χ3v) is 4.27. The lowest BCUT2D eigenvalue weighted by Crippen LogP contribution is -2.16. The van der Waals surface area contributed by atoms with Crippen LogP contribution in [0.25, 0.3) is 0 Å². The zero-order chi connectivity index (χ0) is 15.8. The van der Waals surface area contributed by atoms with E-state index in [1.54, 1.807) is 0 Å². The van der Waals surface area contributed by atoms with Crippen molar-refractivity contribution in [1.82, 2.24) is 0 Å². The molecule has 21 heavy (non-hydrogen) atoms. The molecule has 0 aliphatic carbocycles. The molecule has 0 spiro atoms. The van der Waals surface area contributed by atoms with Crippen LogP contribution in [0.15, 0.2) is 35.2 Å². The minimum Gasteiger partial charge on any atom is -0.394 e. The number of nitrogen functional groups attached to an aromatic ring is 1. The molecule has 0 radical (unpaired) electrons. The first-order valence-electron chi connectivity index (χ1n) is 5.43. The summed E-state index contributed by atoms with van der Waals surface area (Å²) in [6.07, 6.45) is 0. The van der Waals surface area contributed by atoms with E-state index in [1.165, 1.54) is 0 Å². The summed E-state index contributed by atoms with van der Waals surface area (Å²) in [5, 5.41) is -0.0875. The third-order valence-electron chi connectivity index (χ3n) is 2.55. The van der Waals surface area contributed by atoms with Gasteiger partial charge in [-0.2, -0.15) is 0 Å². The number of anilines is 2. The van der Waals surface area contributed by atoms with Gasteiger partial charge in [0.15, 0.2) is 5.82 Å². The molecule has 2 rings (SSSR count). The molecular weight excluding hydrogens is 329 g/mol. The van der Waals surface area contributed by atoms with Gasteiger partial charge in [-0.25, -0.2) is 21.6 Å². The molecule has 4 nitrogen and oxygen atoms in total. The van der Waals surface area contributed by atoms with E-state index >= 15 is 0 Å². The molecule has 3 N–H and O–H groups in total. The summed E-state index contributed by atoms with van der Waals surface area (Å²) in [5.41, 5.74) is 3.89. The number of hydrogen-bond acceptors (Lipinski definition) is 3. The van der Waals surface area contributed by atoms with Gasteiger partial charge < -0.3 is 5.73 Å². The Morgan fingerprint density at radius 2 is 1.76 bits per heavy atom. The van der Waals surface area contributed by atoms with Crippen LogP contribution >= 0.6 is 11.6 Å². The maximum absolute atomic E-state index is 13.7. The molecule has 0 saturated heterocycles. The Kier molecular flexibility index (Phi) is 4.02. The zero-order valence-electron chi connectivity index (χ0n) is 10.2. The first-order valence-corrected chi connectivity index (χ1v) is 7.30. The highest BCUT2D eigenvalue weighted by atomic mass is 35.5. The van der Waals surface area contributed by atoms with Crippen molar-refractivity contribution in [2.75, 3.05) is 10.5 Å². The highest BCUT2D eigenvalue weighted by molar-refractivity contribution is 7.92. The molecule has 9 heteroatoms. The van der Waals surface area contributed by atoms with E-state index < -0.39 is 38.1 Å². The minimum atomic E-state index is -4.45. The number of benzene rings is 2. The Morgan fingerprint density at radius 1 is 1.10 bits per heavy atom. The average Bonchev–Trinajstić information content (AvgIpc) is 2.39. The summed E-state index contributed by atoms with van der Waals surface area (Å²) >= 11 is 5.71. The van der Waals surface area contributed by atoms with Gasteiger partial charge in [0.2, 0.25) is 0 Å². The second kappa shape index (κ2) is 5.45. The second-order valence-electron chi connectivity index (χ2n) is 4.00. The van der Waals surface area contributed by atoms with E-state index in [0.29, 0.717) is 12.1 Å². The van der Waals surface area contributed by atoms with Crippen molar-refractivity contribution in [2.45, 2.75) is 4.90 Å². The van der Waals surface area contributed by atoms with E-state index in [9.17, 15) is 21.6 Å². The molecular formula is C12H8ClF3N2O2S. The van der Waals surface area contributed by atoms with Gasteiger partial charge in [0.25, 0.3) is 10.0 Å². The average molecular weight is 337 g/mol. The maximum atomic E-state index is 13.7. The van der Waals surface area contributed by atoms with Gasteiger partial charge in [0.1, 0.15) is 22.2 Å². The fraction of sp³-hybridized carbons (Fsp3) is 0. The molecule has 0 aromatic heterocycles. The van der Waals surface area contributed by atoms with E-state index in [4.69, 9.17) is 17.3 Å². The fourth-order valence-corrected chi connectivity index (χ4v) is 2.91. The Balaban J connectivity index is 2.49. The molecule has 0 aliphatic heterocycles. The van der Waals surface area contributed by atoms with Crippen LogP contribution in [0.3, 0.4) is 0 Å². The van der Waals surface area contributed by atoms with Crippen LogP contribution in [0.2, 0.25) is 5.02 Å². The summed E-state index contributed by atoms with van der Waals surface area (Å²) in [6, 6.07) is 4.39. The van der Waals surface area contributed by atoms with Crippen LogP contribution in [0.1, 0.15) is 0 Å². The molecule has 0 bridgehead atoms. The fourth-order valence-electron chi connectivity index (χ4n) is 1.53. The summed E-state index contributed by atoms with van der Waals surface area (Å²) in [5.74, 6) is -3.26. The van der Waals surface area contributed by atoms with Gasteiger partial charge in [-0.1, -0.05) is 11.6 Å². The lowest BCUT2D eigenvalue weighted by atomic mass is 10.3. The summed E-state index contributed by atoms with van der Waals surface area (Å²) < 4.78 is 65.9. The second-order valence-corrected chi connectivity index (χ2v) is 6.06. The van der Waals surface area contributed by atoms with Gasteiger partial charge in [0, 0.05) is 0 Å². The van der Waals surface area contributed by atoms with Gasteiger partial charge in [-0.3, -0.25) is 4.72 Å². The Bertz CT molecular complexity index is 812. The van der Waals surface area contributed by atoms with Crippen LogP contribution in [-0.2, 0) is 10.0 Å². The molecule has 112 valence electrons. The smallest absolute Gasteiger partial charge is 0.264 e. The number of nitrogens with one attached hydrogen (secondary N) is 1. The van der Waals surface area contributed by atoms with Crippen molar-refractivity contribution in [3.05, 3.63) is 52.8 Å².